The van der Waals surface area contributed by atoms with Crippen molar-refractivity contribution in [1.29, 1.82) is 0 Å². The molecule has 0 bridgehead atoms. The Kier molecular flexibility index (Phi) is 5.33. The van der Waals surface area contributed by atoms with Crippen LogP contribution in [0.2, 0.25) is 0 Å². The molecule has 4 heteroatoms. The molecule has 4 rings (SSSR count). The summed E-state index contributed by atoms with van der Waals surface area (Å²) in [6.45, 7) is 7.30. The van der Waals surface area contributed by atoms with Crippen molar-refractivity contribution in [2.45, 2.75) is 78.2 Å². The lowest BCUT2D eigenvalue weighted by Gasteiger charge is -2.50. The molecule has 0 saturated heterocycles. The fourth-order valence-corrected chi connectivity index (χ4v) is 5.54. The van der Waals surface area contributed by atoms with Crippen molar-refractivity contribution in [3.8, 4) is 5.75 Å². The van der Waals surface area contributed by atoms with Gasteiger partial charge in [-0.1, -0.05) is 13.0 Å². The third-order valence-electron chi connectivity index (χ3n) is 7.30. The molecule has 1 aromatic rings. The molecule has 2 saturated carbocycles. The molecule has 0 aliphatic heterocycles. The van der Waals surface area contributed by atoms with Crippen LogP contribution in [0.25, 0.3) is 0 Å². The molecule has 1 aromatic carbocycles. The van der Waals surface area contributed by atoms with E-state index in [9.17, 15) is 15.0 Å². The maximum Gasteiger partial charge on any atom is 0.308 e. The van der Waals surface area contributed by atoms with E-state index >= 15 is 0 Å². The summed E-state index contributed by atoms with van der Waals surface area (Å²) < 4.78 is 0. The van der Waals surface area contributed by atoms with Crippen LogP contribution in [0.3, 0.4) is 0 Å². The van der Waals surface area contributed by atoms with Gasteiger partial charge in [-0.2, -0.15) is 0 Å². The van der Waals surface area contributed by atoms with Crippen LogP contribution in [0.1, 0.15) is 76.8 Å². The van der Waals surface area contributed by atoms with Crippen LogP contribution in [-0.2, 0) is 11.2 Å². The Balaban J connectivity index is 0.000000260. The number of aromatic hydroxyl groups is 1. The zero-order valence-corrected chi connectivity index (χ0v) is 17.0. The SMILES string of the molecule is CC(C)(C)C(=O)O.C[C@]12CC[C@@H]3c4ccc(O)cc4CC[C@H]3[C@@H]1CCC2O. The second-order valence-electron chi connectivity index (χ2n) is 9.99. The van der Waals surface area contributed by atoms with Gasteiger partial charge in [0.25, 0.3) is 0 Å². The average Bonchev–Trinajstić information content (AvgIpc) is 2.89. The predicted molar refractivity (Wildman–Crippen MR) is 106 cm³/mol. The average molecular weight is 375 g/mol. The smallest absolute Gasteiger partial charge is 0.308 e. The first kappa shape index (κ1) is 20.2. The van der Waals surface area contributed by atoms with E-state index in [4.69, 9.17) is 5.11 Å². The number of aliphatic carboxylic acids is 1. The van der Waals surface area contributed by atoms with Crippen LogP contribution >= 0.6 is 0 Å². The normalized spacial score (nSPS) is 34.6. The molecule has 4 nitrogen and oxygen atoms in total. The van der Waals surface area contributed by atoms with Crippen LogP contribution in [0, 0.1) is 22.7 Å². The lowest BCUT2D eigenvalue weighted by molar-refractivity contribution is -0.145. The van der Waals surface area contributed by atoms with E-state index in [0.29, 0.717) is 17.6 Å². The molecule has 0 amide bonds. The Morgan fingerprint density at radius 2 is 1.81 bits per heavy atom. The second-order valence-corrected chi connectivity index (χ2v) is 9.99. The van der Waals surface area contributed by atoms with Crippen molar-refractivity contribution in [2.24, 2.45) is 22.7 Å². The second kappa shape index (κ2) is 7.12. The van der Waals surface area contributed by atoms with E-state index in [1.54, 1.807) is 20.8 Å². The summed E-state index contributed by atoms with van der Waals surface area (Å²) in [5.74, 6) is 1.73. The first-order valence-corrected chi connectivity index (χ1v) is 10.3. The van der Waals surface area contributed by atoms with Gasteiger partial charge in [-0.25, -0.2) is 0 Å². The number of benzene rings is 1. The summed E-state index contributed by atoms with van der Waals surface area (Å²) in [7, 11) is 0. The Morgan fingerprint density at radius 1 is 1.15 bits per heavy atom. The number of aliphatic hydroxyl groups excluding tert-OH is 1. The van der Waals surface area contributed by atoms with E-state index < -0.39 is 11.4 Å². The minimum atomic E-state index is -0.757. The number of carboxylic acid groups (broad SMARTS) is 1. The summed E-state index contributed by atoms with van der Waals surface area (Å²) in [5.41, 5.74) is 2.41. The number of carboxylic acids is 1. The van der Waals surface area contributed by atoms with Crippen LogP contribution in [0.5, 0.6) is 5.75 Å². The molecular weight excluding hydrogens is 340 g/mol. The van der Waals surface area contributed by atoms with E-state index in [2.05, 4.69) is 13.0 Å². The molecule has 27 heavy (non-hydrogen) atoms. The number of phenols is 1. The molecule has 0 radical (unpaired) electrons. The quantitative estimate of drug-likeness (QED) is 0.614. The number of rotatable bonds is 0. The number of hydrogen-bond donors (Lipinski definition) is 3. The molecule has 0 spiro atoms. The highest BCUT2D eigenvalue weighted by molar-refractivity contribution is 5.72. The number of aryl methyl sites for hydroxylation is 1. The largest absolute Gasteiger partial charge is 0.508 e. The summed E-state index contributed by atoms with van der Waals surface area (Å²) >= 11 is 0. The van der Waals surface area contributed by atoms with Crippen molar-refractivity contribution in [3.63, 3.8) is 0 Å². The molecule has 150 valence electrons. The van der Waals surface area contributed by atoms with E-state index in [-0.39, 0.29) is 11.5 Å². The van der Waals surface area contributed by atoms with Crippen LogP contribution in [0.4, 0.5) is 0 Å². The summed E-state index contributed by atoms with van der Waals surface area (Å²) in [5, 5.41) is 28.3. The number of carbonyl (C=O) groups is 1. The van der Waals surface area contributed by atoms with Gasteiger partial charge in [0.15, 0.2) is 0 Å². The Bertz CT molecular complexity index is 705. The van der Waals surface area contributed by atoms with E-state index in [1.807, 2.05) is 12.1 Å². The Labute approximate surface area is 162 Å². The van der Waals surface area contributed by atoms with Gasteiger partial charge in [0.05, 0.1) is 11.5 Å². The van der Waals surface area contributed by atoms with Crippen molar-refractivity contribution in [3.05, 3.63) is 29.3 Å². The maximum atomic E-state index is 10.4. The van der Waals surface area contributed by atoms with Crippen molar-refractivity contribution >= 4 is 5.97 Å². The van der Waals surface area contributed by atoms with Crippen LogP contribution in [-0.4, -0.2) is 27.4 Å². The number of phenolic OH excluding ortho intramolecular Hbond substituents is 1. The summed E-state index contributed by atoms with van der Waals surface area (Å²) in [6.07, 6.45) is 6.78. The van der Waals surface area contributed by atoms with Gasteiger partial charge in [0.1, 0.15) is 5.75 Å². The molecule has 0 aromatic heterocycles. The lowest BCUT2D eigenvalue weighted by atomic mass is 9.55. The molecular formula is C23H34O4. The van der Waals surface area contributed by atoms with Gasteiger partial charge in [0, 0.05) is 0 Å². The predicted octanol–water partition coefficient (Wildman–Crippen LogP) is 4.73. The highest BCUT2D eigenvalue weighted by Gasteiger charge is 2.54. The Morgan fingerprint density at radius 3 is 2.44 bits per heavy atom. The van der Waals surface area contributed by atoms with Gasteiger partial charge < -0.3 is 15.3 Å². The van der Waals surface area contributed by atoms with Gasteiger partial charge in [-0.05, 0) is 106 Å². The van der Waals surface area contributed by atoms with Gasteiger partial charge in [-0.3, -0.25) is 4.79 Å². The standard InChI is InChI=1S/C18H24O2.C5H10O2/c1-18-9-8-14-13-5-3-12(19)10-11(13)2-4-15(14)16(18)6-7-17(18)20;1-5(2,3)4(6)7/h3,5,10,14-17,19-20H,2,4,6-9H2,1H3;1-3H3,(H,6,7)/t14-,15-,16+,17?,18+;/m1./s1. The third-order valence-corrected chi connectivity index (χ3v) is 7.30. The summed E-state index contributed by atoms with van der Waals surface area (Å²) in [6, 6.07) is 5.96. The number of aliphatic hydroxyl groups is 1. The van der Waals surface area contributed by atoms with Crippen molar-refractivity contribution < 1.29 is 20.1 Å². The van der Waals surface area contributed by atoms with E-state index in [0.717, 1.165) is 25.2 Å². The lowest BCUT2D eigenvalue weighted by Crippen LogP contribution is -2.43. The molecule has 3 aliphatic rings. The summed E-state index contributed by atoms with van der Waals surface area (Å²) in [4.78, 5) is 10.0. The minimum absolute atomic E-state index is 0.0883. The van der Waals surface area contributed by atoms with Gasteiger partial charge in [-0.15, -0.1) is 0 Å². The van der Waals surface area contributed by atoms with Crippen molar-refractivity contribution in [2.75, 3.05) is 0 Å². The van der Waals surface area contributed by atoms with E-state index in [1.165, 1.54) is 30.4 Å². The maximum absolute atomic E-state index is 10.4. The number of hydrogen-bond acceptors (Lipinski definition) is 3. The fourth-order valence-electron chi connectivity index (χ4n) is 5.54. The molecule has 1 unspecified atom stereocenters. The topological polar surface area (TPSA) is 77.8 Å². The van der Waals surface area contributed by atoms with Crippen LogP contribution < -0.4 is 0 Å². The van der Waals surface area contributed by atoms with Gasteiger partial charge >= 0.3 is 5.97 Å². The highest BCUT2D eigenvalue weighted by Crippen LogP contribution is 2.60. The minimum Gasteiger partial charge on any atom is -0.508 e. The monoisotopic (exact) mass is 374 g/mol. The van der Waals surface area contributed by atoms with Gasteiger partial charge in [0.2, 0.25) is 0 Å². The zero-order valence-electron chi connectivity index (χ0n) is 17.0. The molecule has 0 heterocycles. The fraction of sp³-hybridized carbons (Fsp3) is 0.696. The van der Waals surface area contributed by atoms with Crippen molar-refractivity contribution in [1.82, 2.24) is 0 Å². The molecule has 2 fully saturated rings. The number of fused-ring (bicyclic) bond motifs is 5. The first-order chi connectivity index (χ1) is 12.5. The molecule has 3 aliphatic carbocycles. The molecule has 3 N–H and O–H groups in total. The Hall–Kier alpha value is -1.55. The zero-order chi connectivity index (χ0) is 20.0. The highest BCUT2D eigenvalue weighted by atomic mass is 16.4. The van der Waals surface area contributed by atoms with Crippen LogP contribution in [0.15, 0.2) is 18.2 Å². The third kappa shape index (κ3) is 3.73. The first-order valence-electron chi connectivity index (χ1n) is 10.3. The molecule has 5 atom stereocenters.